The largest absolute Gasteiger partial charge is 0.469 e. The van der Waals surface area contributed by atoms with E-state index in [1.165, 1.54) is 26.4 Å². The summed E-state index contributed by atoms with van der Waals surface area (Å²) in [5.41, 5.74) is 0.939. The number of esters is 2. The average molecular weight is 324 g/mol. The van der Waals surface area contributed by atoms with Crippen LogP contribution in [0.1, 0.15) is 6.42 Å². The summed E-state index contributed by atoms with van der Waals surface area (Å²) in [7, 11) is 2.60. The summed E-state index contributed by atoms with van der Waals surface area (Å²) in [6.07, 6.45) is -0.0281. The molecule has 1 aliphatic rings. The monoisotopic (exact) mass is 324 g/mol. The average Bonchev–Trinajstić information content (AvgIpc) is 2.59. The Balaban J connectivity index is 1.98. The van der Waals surface area contributed by atoms with Gasteiger partial charge in [0, 0.05) is 31.9 Å². The van der Waals surface area contributed by atoms with Gasteiger partial charge in [-0.2, -0.15) is 0 Å². The van der Waals surface area contributed by atoms with Crippen molar-refractivity contribution in [2.75, 3.05) is 45.3 Å². The highest BCUT2D eigenvalue weighted by atomic mass is 19.1. The molecule has 0 amide bonds. The molecule has 2 rings (SSSR count). The van der Waals surface area contributed by atoms with Crippen molar-refractivity contribution in [3.8, 4) is 0 Å². The summed E-state index contributed by atoms with van der Waals surface area (Å²) in [6, 6.07) is 5.68. The summed E-state index contributed by atoms with van der Waals surface area (Å²) < 4.78 is 22.4. The molecule has 7 heteroatoms. The lowest BCUT2D eigenvalue weighted by molar-refractivity contribution is -0.153. The number of hydrogen-bond acceptors (Lipinski definition) is 6. The van der Waals surface area contributed by atoms with Gasteiger partial charge in [-0.1, -0.05) is 0 Å². The smallest absolute Gasteiger partial charge is 0.323 e. The van der Waals surface area contributed by atoms with Crippen LogP contribution in [0.3, 0.4) is 0 Å². The number of halogens is 1. The van der Waals surface area contributed by atoms with Crippen molar-refractivity contribution >= 4 is 17.6 Å². The molecule has 126 valence electrons. The summed E-state index contributed by atoms with van der Waals surface area (Å²) in [5, 5.41) is 0. The zero-order valence-corrected chi connectivity index (χ0v) is 13.3. The quantitative estimate of drug-likeness (QED) is 0.755. The minimum Gasteiger partial charge on any atom is -0.469 e. The number of hydrogen-bond donors (Lipinski definition) is 0. The van der Waals surface area contributed by atoms with Crippen molar-refractivity contribution in [2.45, 2.75) is 12.5 Å². The molecule has 0 spiro atoms. The van der Waals surface area contributed by atoms with E-state index in [2.05, 4.69) is 9.64 Å². The minimum atomic E-state index is -0.636. The highest BCUT2D eigenvalue weighted by Gasteiger charge is 2.32. The van der Waals surface area contributed by atoms with Gasteiger partial charge in [-0.05, 0) is 24.3 Å². The Morgan fingerprint density at radius 3 is 2.22 bits per heavy atom. The number of piperazine rings is 1. The van der Waals surface area contributed by atoms with Gasteiger partial charge in [-0.15, -0.1) is 0 Å². The van der Waals surface area contributed by atoms with Crippen LogP contribution in [-0.2, 0) is 19.1 Å². The van der Waals surface area contributed by atoms with Crippen LogP contribution in [-0.4, -0.2) is 63.3 Å². The molecule has 1 fully saturated rings. The zero-order chi connectivity index (χ0) is 16.8. The van der Waals surface area contributed by atoms with Gasteiger partial charge in [0.05, 0.1) is 20.6 Å². The number of carbonyl (C=O) groups is 2. The van der Waals surface area contributed by atoms with E-state index in [9.17, 15) is 14.0 Å². The fourth-order valence-electron chi connectivity index (χ4n) is 2.68. The first-order valence-electron chi connectivity index (χ1n) is 7.44. The van der Waals surface area contributed by atoms with Crippen LogP contribution in [0.15, 0.2) is 24.3 Å². The van der Waals surface area contributed by atoms with Crippen LogP contribution in [0.25, 0.3) is 0 Å². The third-order valence-electron chi connectivity index (χ3n) is 4.01. The van der Waals surface area contributed by atoms with Crippen LogP contribution >= 0.6 is 0 Å². The first-order valence-corrected chi connectivity index (χ1v) is 7.44. The Labute approximate surface area is 134 Å². The Hall–Kier alpha value is -2.15. The Kier molecular flexibility index (Phi) is 5.92. The van der Waals surface area contributed by atoms with Gasteiger partial charge in [-0.25, -0.2) is 4.39 Å². The van der Waals surface area contributed by atoms with Crippen LogP contribution in [0.2, 0.25) is 0 Å². The number of nitrogens with zero attached hydrogens (tertiary/aromatic N) is 2. The molecule has 0 N–H and O–H groups in total. The topological polar surface area (TPSA) is 59.1 Å². The molecule has 0 saturated carbocycles. The summed E-state index contributed by atoms with van der Waals surface area (Å²) >= 11 is 0. The van der Waals surface area contributed by atoms with Crippen molar-refractivity contribution < 1.29 is 23.5 Å². The van der Waals surface area contributed by atoms with Gasteiger partial charge in [0.2, 0.25) is 0 Å². The maximum absolute atomic E-state index is 13.0. The van der Waals surface area contributed by atoms with Crippen LogP contribution < -0.4 is 4.90 Å². The molecule has 23 heavy (non-hydrogen) atoms. The molecule has 0 aliphatic carbocycles. The fourth-order valence-corrected chi connectivity index (χ4v) is 2.68. The first-order chi connectivity index (χ1) is 11.0. The van der Waals surface area contributed by atoms with Crippen molar-refractivity contribution in [3.63, 3.8) is 0 Å². The Bertz CT molecular complexity index is 542. The van der Waals surface area contributed by atoms with Crippen LogP contribution in [0.5, 0.6) is 0 Å². The predicted octanol–water partition coefficient (Wildman–Crippen LogP) is 1.05. The van der Waals surface area contributed by atoms with Gasteiger partial charge < -0.3 is 14.4 Å². The van der Waals surface area contributed by atoms with Crippen molar-refractivity contribution in [1.82, 2.24) is 4.90 Å². The van der Waals surface area contributed by atoms with Gasteiger partial charge in [0.1, 0.15) is 11.9 Å². The lowest BCUT2D eigenvalue weighted by Crippen LogP contribution is -2.53. The van der Waals surface area contributed by atoms with E-state index in [1.54, 1.807) is 12.1 Å². The number of anilines is 1. The van der Waals surface area contributed by atoms with Crippen molar-refractivity contribution in [1.29, 1.82) is 0 Å². The SMILES string of the molecule is COC(=O)CC(C(=O)OC)N1CCN(c2ccc(F)cc2)CC1. The summed E-state index contributed by atoms with van der Waals surface area (Å²) in [4.78, 5) is 27.5. The van der Waals surface area contributed by atoms with Crippen LogP contribution in [0.4, 0.5) is 10.1 Å². The highest BCUT2D eigenvalue weighted by molar-refractivity contribution is 5.82. The van der Waals surface area contributed by atoms with Gasteiger partial charge >= 0.3 is 11.9 Å². The Morgan fingerprint density at radius 2 is 1.70 bits per heavy atom. The number of rotatable bonds is 5. The number of benzene rings is 1. The number of carbonyl (C=O) groups excluding carboxylic acids is 2. The molecular weight excluding hydrogens is 303 g/mol. The molecule has 0 aromatic heterocycles. The fraction of sp³-hybridized carbons (Fsp3) is 0.500. The molecular formula is C16H21FN2O4. The van der Waals surface area contributed by atoms with Crippen molar-refractivity contribution in [3.05, 3.63) is 30.1 Å². The maximum Gasteiger partial charge on any atom is 0.323 e. The lowest BCUT2D eigenvalue weighted by atomic mass is 10.1. The van der Waals surface area contributed by atoms with Gasteiger partial charge in [-0.3, -0.25) is 14.5 Å². The molecule has 1 aromatic carbocycles. The van der Waals surface area contributed by atoms with Gasteiger partial charge in [0.25, 0.3) is 0 Å². The van der Waals surface area contributed by atoms with Crippen LogP contribution in [0, 0.1) is 5.82 Å². The normalized spacial score (nSPS) is 16.7. The number of ether oxygens (including phenoxy) is 2. The van der Waals surface area contributed by atoms with E-state index >= 15 is 0 Å². The third-order valence-corrected chi connectivity index (χ3v) is 4.01. The molecule has 1 atom stereocenters. The Morgan fingerprint density at radius 1 is 1.09 bits per heavy atom. The molecule has 1 aromatic rings. The van der Waals surface area contributed by atoms with E-state index in [1.807, 2.05) is 4.90 Å². The zero-order valence-electron chi connectivity index (χ0n) is 13.3. The molecule has 1 heterocycles. The van der Waals surface area contributed by atoms with E-state index in [0.717, 1.165) is 5.69 Å². The molecule has 0 radical (unpaired) electrons. The molecule has 1 saturated heterocycles. The molecule has 0 bridgehead atoms. The molecule has 1 unspecified atom stereocenters. The second-order valence-electron chi connectivity index (χ2n) is 5.32. The second kappa shape index (κ2) is 7.92. The summed E-state index contributed by atoms with van der Waals surface area (Å²) in [5.74, 6) is -1.15. The third kappa shape index (κ3) is 4.41. The minimum absolute atomic E-state index is 0.0281. The standard InChI is InChI=1S/C16H21FN2O4/c1-22-15(20)11-14(16(21)23-2)19-9-7-18(8-10-19)13-5-3-12(17)4-6-13/h3-6,14H,7-11H2,1-2H3. The second-order valence-corrected chi connectivity index (χ2v) is 5.32. The molecule has 6 nitrogen and oxygen atoms in total. The predicted molar refractivity (Wildman–Crippen MR) is 82.6 cm³/mol. The number of methoxy groups -OCH3 is 2. The van der Waals surface area contributed by atoms with E-state index < -0.39 is 18.0 Å². The van der Waals surface area contributed by atoms with Gasteiger partial charge in [0.15, 0.2) is 0 Å². The summed E-state index contributed by atoms with van der Waals surface area (Å²) in [6.45, 7) is 2.57. The maximum atomic E-state index is 13.0. The lowest BCUT2D eigenvalue weighted by Gasteiger charge is -2.38. The van der Waals surface area contributed by atoms with E-state index in [0.29, 0.717) is 26.2 Å². The molecule has 1 aliphatic heterocycles. The first kappa shape index (κ1) is 17.2. The van der Waals surface area contributed by atoms with E-state index in [4.69, 9.17) is 4.74 Å². The van der Waals surface area contributed by atoms with Crippen molar-refractivity contribution in [2.24, 2.45) is 0 Å². The van der Waals surface area contributed by atoms with E-state index in [-0.39, 0.29) is 12.2 Å². The highest BCUT2D eigenvalue weighted by Crippen LogP contribution is 2.19.